The molecule has 1 aliphatic heterocycles. The van der Waals surface area contributed by atoms with Crippen LogP contribution in [0.5, 0.6) is 0 Å². The molecule has 34 heavy (non-hydrogen) atoms. The summed E-state index contributed by atoms with van der Waals surface area (Å²) in [4.78, 5) is 32.5. The Morgan fingerprint density at radius 3 is 2.68 bits per heavy atom. The number of benzene rings is 1. The molecule has 182 valence electrons. The zero-order valence-corrected chi connectivity index (χ0v) is 19.3. The van der Waals surface area contributed by atoms with Crippen molar-refractivity contribution in [3.63, 3.8) is 0 Å². The Hall–Kier alpha value is -3.05. The van der Waals surface area contributed by atoms with Crippen molar-refractivity contribution < 1.29 is 27.4 Å². The van der Waals surface area contributed by atoms with Gasteiger partial charge in [-0.1, -0.05) is 17.7 Å². The van der Waals surface area contributed by atoms with Crippen LogP contribution in [0.15, 0.2) is 35.4 Å². The first-order valence-corrected chi connectivity index (χ1v) is 10.8. The van der Waals surface area contributed by atoms with Gasteiger partial charge in [0.05, 0.1) is 36.5 Å². The summed E-state index contributed by atoms with van der Waals surface area (Å²) in [7, 11) is 0. The fourth-order valence-corrected chi connectivity index (χ4v) is 4.15. The van der Waals surface area contributed by atoms with E-state index >= 15 is 0 Å². The Morgan fingerprint density at radius 2 is 2.00 bits per heavy atom. The molecule has 0 bridgehead atoms. The third kappa shape index (κ3) is 4.62. The number of carbonyl (C=O) groups excluding carboxylic acids is 1. The Balaban J connectivity index is 1.83. The standard InChI is InChI=1S/C22H22ClF3N4O4/c1-21(2,3)34-20(32)29-6-7-33-10-16(29)13-5-4-12(8-15(13)22(24,25)26)30-17(23)9-14-18(30)27-11-28-19(14)31/h4-5,8-9,11,16H,6-7,10H2,1-3H3,(H,27,28,31). The van der Waals surface area contributed by atoms with E-state index in [1.54, 1.807) is 20.8 Å². The van der Waals surface area contributed by atoms with Crippen molar-refractivity contribution in [3.8, 4) is 5.69 Å². The Morgan fingerprint density at radius 1 is 1.26 bits per heavy atom. The lowest BCUT2D eigenvalue weighted by Crippen LogP contribution is -2.46. The van der Waals surface area contributed by atoms with Gasteiger partial charge in [0.2, 0.25) is 0 Å². The van der Waals surface area contributed by atoms with Crippen LogP contribution in [0.1, 0.15) is 37.9 Å². The zero-order valence-electron chi connectivity index (χ0n) is 18.6. The molecular formula is C22H22ClF3N4O4. The Bertz CT molecular complexity index is 1300. The number of carbonyl (C=O) groups is 1. The van der Waals surface area contributed by atoms with E-state index in [4.69, 9.17) is 21.1 Å². The van der Waals surface area contributed by atoms with Crippen LogP contribution < -0.4 is 5.56 Å². The van der Waals surface area contributed by atoms with Crippen LogP contribution in [-0.2, 0) is 15.7 Å². The number of ether oxygens (including phenoxy) is 2. The van der Waals surface area contributed by atoms with E-state index in [1.165, 1.54) is 27.7 Å². The van der Waals surface area contributed by atoms with Crippen molar-refractivity contribution in [1.82, 2.24) is 19.4 Å². The van der Waals surface area contributed by atoms with Crippen LogP contribution in [0.2, 0.25) is 5.15 Å². The molecule has 1 atom stereocenters. The number of amides is 1. The van der Waals surface area contributed by atoms with Gasteiger partial charge >= 0.3 is 12.3 Å². The maximum atomic E-state index is 14.2. The molecule has 1 aromatic carbocycles. The van der Waals surface area contributed by atoms with Gasteiger partial charge in [-0.25, -0.2) is 9.78 Å². The zero-order chi connectivity index (χ0) is 24.8. The van der Waals surface area contributed by atoms with Gasteiger partial charge < -0.3 is 14.5 Å². The van der Waals surface area contributed by atoms with Gasteiger partial charge in [0.15, 0.2) is 5.65 Å². The molecule has 2 aromatic heterocycles. The first kappa shape index (κ1) is 24.1. The summed E-state index contributed by atoms with van der Waals surface area (Å²) in [6.07, 6.45) is -4.32. The van der Waals surface area contributed by atoms with Crippen molar-refractivity contribution in [3.05, 3.63) is 57.2 Å². The summed E-state index contributed by atoms with van der Waals surface area (Å²) >= 11 is 6.25. The predicted molar refractivity (Wildman–Crippen MR) is 118 cm³/mol. The number of rotatable bonds is 2. The molecule has 12 heteroatoms. The molecule has 3 aromatic rings. The van der Waals surface area contributed by atoms with Gasteiger partial charge in [-0.05, 0) is 44.5 Å². The SMILES string of the molecule is CC(C)(C)OC(=O)N1CCOCC1c1ccc(-n2c(Cl)cc3c(=O)[nH]cnc32)cc1C(F)(F)F. The molecule has 1 saturated heterocycles. The van der Waals surface area contributed by atoms with Gasteiger partial charge in [0.1, 0.15) is 10.8 Å². The number of halogens is 4. The molecule has 0 spiro atoms. The number of nitrogens with zero attached hydrogens (tertiary/aromatic N) is 3. The average Bonchev–Trinajstić information content (AvgIpc) is 3.09. The van der Waals surface area contributed by atoms with Crippen molar-refractivity contribution in [2.45, 2.75) is 38.6 Å². The average molecular weight is 499 g/mol. The summed E-state index contributed by atoms with van der Waals surface area (Å²) < 4.78 is 54.7. The number of aromatic nitrogens is 3. The third-order valence-corrected chi connectivity index (χ3v) is 5.55. The number of hydrogen-bond acceptors (Lipinski definition) is 5. The third-order valence-electron chi connectivity index (χ3n) is 5.27. The molecule has 1 unspecified atom stereocenters. The number of aromatic amines is 1. The second-order valence-corrected chi connectivity index (χ2v) is 9.19. The maximum Gasteiger partial charge on any atom is 0.416 e. The van der Waals surface area contributed by atoms with Crippen molar-refractivity contribution in [1.29, 1.82) is 0 Å². The summed E-state index contributed by atoms with van der Waals surface area (Å²) in [6, 6.07) is 3.96. The van der Waals surface area contributed by atoms with E-state index in [0.717, 1.165) is 12.4 Å². The van der Waals surface area contributed by atoms with Gasteiger partial charge in [0, 0.05) is 12.2 Å². The van der Waals surface area contributed by atoms with Gasteiger partial charge in [0.25, 0.3) is 5.56 Å². The van der Waals surface area contributed by atoms with E-state index in [9.17, 15) is 22.8 Å². The minimum atomic E-state index is -4.75. The highest BCUT2D eigenvalue weighted by atomic mass is 35.5. The largest absolute Gasteiger partial charge is 0.444 e. The minimum Gasteiger partial charge on any atom is -0.444 e. The van der Waals surface area contributed by atoms with Crippen molar-refractivity contribution >= 4 is 28.7 Å². The number of H-pyrrole nitrogens is 1. The van der Waals surface area contributed by atoms with Crippen molar-refractivity contribution in [2.24, 2.45) is 0 Å². The highest BCUT2D eigenvalue weighted by molar-refractivity contribution is 6.31. The number of morpholine rings is 1. The van der Waals surface area contributed by atoms with Crippen LogP contribution in [0.25, 0.3) is 16.7 Å². The fourth-order valence-electron chi connectivity index (χ4n) is 3.86. The number of fused-ring (bicyclic) bond motifs is 1. The summed E-state index contributed by atoms with van der Waals surface area (Å²) in [6.45, 7) is 5.19. The molecule has 1 amide bonds. The first-order chi connectivity index (χ1) is 15.9. The van der Waals surface area contributed by atoms with E-state index < -0.39 is 35.0 Å². The number of hydrogen-bond donors (Lipinski definition) is 1. The molecule has 0 radical (unpaired) electrons. The van der Waals surface area contributed by atoms with Crippen LogP contribution in [0, 0.1) is 0 Å². The van der Waals surface area contributed by atoms with Crippen molar-refractivity contribution in [2.75, 3.05) is 19.8 Å². The van der Waals surface area contributed by atoms with Crippen LogP contribution in [0.4, 0.5) is 18.0 Å². The highest BCUT2D eigenvalue weighted by Crippen LogP contribution is 2.39. The molecule has 1 fully saturated rings. The van der Waals surface area contributed by atoms with Crippen LogP contribution in [0.3, 0.4) is 0 Å². The fraction of sp³-hybridized carbons (Fsp3) is 0.409. The minimum absolute atomic E-state index is 0.0245. The van der Waals surface area contributed by atoms with E-state index in [2.05, 4.69) is 9.97 Å². The lowest BCUT2D eigenvalue weighted by molar-refractivity contribution is -0.139. The molecule has 1 aliphatic rings. The van der Waals surface area contributed by atoms with Gasteiger partial charge in [-0.3, -0.25) is 14.3 Å². The maximum absolute atomic E-state index is 14.2. The van der Waals surface area contributed by atoms with E-state index in [1.807, 2.05) is 0 Å². The Labute approximate surface area is 197 Å². The summed E-state index contributed by atoms with van der Waals surface area (Å²) in [5.74, 6) is 0. The Kier molecular flexibility index (Phi) is 6.11. The molecule has 3 heterocycles. The molecular weight excluding hydrogens is 477 g/mol. The molecule has 0 saturated carbocycles. The molecule has 0 aliphatic carbocycles. The van der Waals surface area contributed by atoms with E-state index in [-0.39, 0.29) is 47.2 Å². The topological polar surface area (TPSA) is 89.5 Å². The highest BCUT2D eigenvalue weighted by Gasteiger charge is 2.40. The molecule has 4 rings (SSSR count). The van der Waals surface area contributed by atoms with Gasteiger partial charge in [-0.2, -0.15) is 13.2 Å². The van der Waals surface area contributed by atoms with E-state index in [0.29, 0.717) is 0 Å². The molecule has 8 nitrogen and oxygen atoms in total. The normalized spacial score (nSPS) is 17.3. The summed E-state index contributed by atoms with van der Waals surface area (Å²) in [5, 5.41) is 0.165. The quantitative estimate of drug-likeness (QED) is 0.553. The van der Waals surface area contributed by atoms with Crippen LogP contribution in [-0.4, -0.2) is 50.9 Å². The number of nitrogens with one attached hydrogen (secondary N) is 1. The smallest absolute Gasteiger partial charge is 0.416 e. The lowest BCUT2D eigenvalue weighted by Gasteiger charge is -2.37. The second kappa shape index (κ2) is 8.62. The summed E-state index contributed by atoms with van der Waals surface area (Å²) in [5.41, 5.74) is -2.20. The number of alkyl halides is 3. The first-order valence-electron chi connectivity index (χ1n) is 10.4. The second-order valence-electron chi connectivity index (χ2n) is 8.81. The molecule has 1 N–H and O–H groups in total. The van der Waals surface area contributed by atoms with Gasteiger partial charge in [-0.15, -0.1) is 0 Å². The van der Waals surface area contributed by atoms with Crippen LogP contribution >= 0.6 is 11.6 Å². The predicted octanol–water partition coefficient (Wildman–Crippen LogP) is 4.69. The monoisotopic (exact) mass is 498 g/mol. The lowest BCUT2D eigenvalue weighted by atomic mass is 9.97.